The molecule has 1 saturated carbocycles. The van der Waals surface area contributed by atoms with Crippen LogP contribution >= 0.6 is 0 Å². The number of hydrogen-bond donors (Lipinski definition) is 2. The summed E-state index contributed by atoms with van der Waals surface area (Å²) in [5, 5.41) is 7.70. The van der Waals surface area contributed by atoms with Gasteiger partial charge >= 0.3 is 0 Å². The van der Waals surface area contributed by atoms with Crippen molar-refractivity contribution in [1.29, 1.82) is 0 Å². The first kappa shape index (κ1) is 19.4. The maximum absolute atomic E-state index is 4.52. The standard InChI is InChI=1S/C22H31N5/c1-4-17(2)10-13-24-12-6-5-7-18-8-9-19(15-18)27-14-11-20-21(23-3)25-16-26-22(20)27/h4-5,7,11,14,16,18-19,24H,1-2,6,8-10,12-13,15H2,3H3,(H,23,25,26)/b7-5+. The molecule has 2 aromatic heterocycles. The molecule has 0 aromatic carbocycles. The Morgan fingerprint density at radius 1 is 1.33 bits per heavy atom. The highest BCUT2D eigenvalue weighted by Crippen LogP contribution is 2.37. The molecule has 1 aliphatic rings. The summed E-state index contributed by atoms with van der Waals surface area (Å²) in [5.74, 6) is 1.57. The van der Waals surface area contributed by atoms with Gasteiger partial charge in [-0.2, -0.15) is 0 Å². The van der Waals surface area contributed by atoms with Crippen molar-refractivity contribution in [2.45, 2.75) is 38.1 Å². The van der Waals surface area contributed by atoms with Crippen molar-refractivity contribution in [3.05, 3.63) is 55.5 Å². The van der Waals surface area contributed by atoms with Gasteiger partial charge < -0.3 is 15.2 Å². The lowest BCUT2D eigenvalue weighted by Crippen LogP contribution is -2.16. The van der Waals surface area contributed by atoms with Gasteiger partial charge in [0.2, 0.25) is 0 Å². The van der Waals surface area contributed by atoms with Crippen LogP contribution in [0.2, 0.25) is 0 Å². The summed E-state index contributed by atoms with van der Waals surface area (Å²) in [5.41, 5.74) is 2.13. The average molecular weight is 366 g/mol. The SMILES string of the molecule is C=CC(=C)CCNCC/C=C/C1CCC(n2ccc3c(NC)ncnc32)C1. The molecule has 2 unspecified atom stereocenters. The lowest BCUT2D eigenvalue weighted by Gasteiger charge is -2.13. The van der Waals surface area contributed by atoms with E-state index in [1.807, 2.05) is 13.1 Å². The largest absolute Gasteiger partial charge is 0.372 e. The molecule has 0 radical (unpaired) electrons. The van der Waals surface area contributed by atoms with Crippen LogP contribution in [0, 0.1) is 5.92 Å². The Morgan fingerprint density at radius 3 is 3.04 bits per heavy atom. The molecule has 0 aliphatic heterocycles. The second kappa shape index (κ2) is 9.51. The fraction of sp³-hybridized carbons (Fsp3) is 0.455. The van der Waals surface area contributed by atoms with E-state index in [9.17, 15) is 0 Å². The zero-order valence-electron chi connectivity index (χ0n) is 16.3. The molecule has 0 bridgehead atoms. The summed E-state index contributed by atoms with van der Waals surface area (Å²) in [6.07, 6.45) is 16.1. The third-order valence-corrected chi connectivity index (χ3v) is 5.39. The third kappa shape index (κ3) is 4.86. The maximum atomic E-state index is 4.52. The summed E-state index contributed by atoms with van der Waals surface area (Å²) in [4.78, 5) is 8.82. The highest BCUT2D eigenvalue weighted by molar-refractivity contribution is 5.87. The van der Waals surface area contributed by atoms with Crippen molar-refractivity contribution in [3.8, 4) is 0 Å². The predicted molar refractivity (Wildman–Crippen MR) is 114 cm³/mol. The highest BCUT2D eigenvalue weighted by Gasteiger charge is 2.25. The van der Waals surface area contributed by atoms with E-state index in [0.29, 0.717) is 12.0 Å². The number of rotatable bonds is 10. The van der Waals surface area contributed by atoms with Gasteiger partial charge in [0, 0.05) is 19.3 Å². The van der Waals surface area contributed by atoms with Crippen LogP contribution in [0.4, 0.5) is 5.82 Å². The first-order chi connectivity index (χ1) is 13.2. The molecule has 27 heavy (non-hydrogen) atoms. The van der Waals surface area contributed by atoms with Gasteiger partial charge in [-0.25, -0.2) is 9.97 Å². The molecule has 5 nitrogen and oxygen atoms in total. The second-order valence-corrected chi connectivity index (χ2v) is 7.24. The molecule has 2 aromatic rings. The number of hydrogen-bond acceptors (Lipinski definition) is 4. The lowest BCUT2D eigenvalue weighted by molar-refractivity contribution is 0.518. The van der Waals surface area contributed by atoms with Crippen LogP contribution < -0.4 is 10.6 Å². The Hall–Kier alpha value is -2.40. The Bertz CT molecular complexity index is 804. The van der Waals surface area contributed by atoms with Crippen molar-refractivity contribution in [3.63, 3.8) is 0 Å². The predicted octanol–water partition coefficient (Wildman–Crippen LogP) is 4.48. The minimum absolute atomic E-state index is 0.528. The van der Waals surface area contributed by atoms with E-state index in [2.05, 4.69) is 62.7 Å². The topological polar surface area (TPSA) is 54.8 Å². The van der Waals surface area contributed by atoms with Crippen LogP contribution in [-0.4, -0.2) is 34.7 Å². The second-order valence-electron chi connectivity index (χ2n) is 7.24. The smallest absolute Gasteiger partial charge is 0.145 e. The van der Waals surface area contributed by atoms with Crippen LogP contribution in [-0.2, 0) is 0 Å². The van der Waals surface area contributed by atoms with Crippen LogP contribution in [0.15, 0.2) is 55.5 Å². The molecule has 3 rings (SSSR count). The van der Waals surface area contributed by atoms with Gasteiger partial charge in [0.1, 0.15) is 17.8 Å². The molecule has 0 saturated heterocycles. The number of allylic oxidation sites excluding steroid dienone is 2. The molecular weight excluding hydrogens is 334 g/mol. The summed E-state index contributed by atoms with van der Waals surface area (Å²) < 4.78 is 2.33. The van der Waals surface area contributed by atoms with E-state index in [1.54, 1.807) is 6.33 Å². The van der Waals surface area contributed by atoms with Crippen molar-refractivity contribution in [2.24, 2.45) is 5.92 Å². The molecule has 0 spiro atoms. The molecule has 1 fully saturated rings. The van der Waals surface area contributed by atoms with Crippen LogP contribution in [0.3, 0.4) is 0 Å². The summed E-state index contributed by atoms with van der Waals surface area (Å²) >= 11 is 0. The molecule has 2 heterocycles. The number of aromatic nitrogens is 3. The van der Waals surface area contributed by atoms with Crippen molar-refractivity contribution in [2.75, 3.05) is 25.5 Å². The van der Waals surface area contributed by atoms with Crippen molar-refractivity contribution >= 4 is 16.9 Å². The Balaban J connectivity index is 1.46. The number of nitrogens with one attached hydrogen (secondary N) is 2. The van der Waals surface area contributed by atoms with Crippen LogP contribution in [0.25, 0.3) is 11.0 Å². The molecule has 144 valence electrons. The molecule has 5 heteroatoms. The highest BCUT2D eigenvalue weighted by atomic mass is 15.1. The monoisotopic (exact) mass is 365 g/mol. The minimum Gasteiger partial charge on any atom is -0.372 e. The molecular formula is C22H31N5. The Kier molecular flexibility index (Phi) is 6.82. The quantitative estimate of drug-likeness (QED) is 0.370. The average Bonchev–Trinajstić information content (AvgIpc) is 3.33. The zero-order valence-corrected chi connectivity index (χ0v) is 16.3. The Labute approximate surface area is 162 Å². The number of fused-ring (bicyclic) bond motifs is 1. The van der Waals surface area contributed by atoms with Gasteiger partial charge in [-0.15, -0.1) is 0 Å². The van der Waals surface area contributed by atoms with Gasteiger partial charge in [-0.3, -0.25) is 0 Å². The van der Waals surface area contributed by atoms with Gasteiger partial charge in [-0.1, -0.05) is 37.0 Å². The van der Waals surface area contributed by atoms with Crippen LogP contribution in [0.5, 0.6) is 0 Å². The van der Waals surface area contributed by atoms with Gasteiger partial charge in [0.05, 0.1) is 5.39 Å². The number of nitrogens with zero attached hydrogens (tertiary/aromatic N) is 3. The van der Waals surface area contributed by atoms with E-state index in [4.69, 9.17) is 0 Å². The minimum atomic E-state index is 0.528. The first-order valence-corrected chi connectivity index (χ1v) is 9.89. The lowest BCUT2D eigenvalue weighted by atomic mass is 10.1. The molecule has 2 N–H and O–H groups in total. The fourth-order valence-electron chi connectivity index (χ4n) is 3.83. The van der Waals surface area contributed by atoms with E-state index in [0.717, 1.165) is 48.4 Å². The Morgan fingerprint density at radius 2 is 2.22 bits per heavy atom. The van der Waals surface area contributed by atoms with Gasteiger partial charge in [0.15, 0.2) is 0 Å². The van der Waals surface area contributed by atoms with E-state index in [-0.39, 0.29) is 0 Å². The third-order valence-electron chi connectivity index (χ3n) is 5.39. The number of anilines is 1. The van der Waals surface area contributed by atoms with Gasteiger partial charge in [-0.05, 0) is 57.2 Å². The zero-order chi connectivity index (χ0) is 19.1. The normalized spacial score (nSPS) is 19.7. The van der Waals surface area contributed by atoms with E-state index in [1.165, 1.54) is 19.3 Å². The van der Waals surface area contributed by atoms with Crippen LogP contribution in [0.1, 0.15) is 38.1 Å². The summed E-state index contributed by atoms with van der Waals surface area (Å²) in [6.45, 7) is 9.65. The summed E-state index contributed by atoms with van der Waals surface area (Å²) in [6, 6.07) is 2.65. The molecule has 2 atom stereocenters. The van der Waals surface area contributed by atoms with Crippen molar-refractivity contribution < 1.29 is 0 Å². The summed E-state index contributed by atoms with van der Waals surface area (Å²) in [7, 11) is 1.90. The van der Waals surface area contributed by atoms with Crippen molar-refractivity contribution in [1.82, 2.24) is 19.9 Å². The van der Waals surface area contributed by atoms with Gasteiger partial charge in [0.25, 0.3) is 0 Å². The van der Waals surface area contributed by atoms with E-state index >= 15 is 0 Å². The molecule has 1 aliphatic carbocycles. The molecule has 0 amide bonds. The fourth-order valence-corrected chi connectivity index (χ4v) is 3.83. The van der Waals surface area contributed by atoms with E-state index < -0.39 is 0 Å². The first-order valence-electron chi connectivity index (χ1n) is 9.89. The maximum Gasteiger partial charge on any atom is 0.145 e.